The summed E-state index contributed by atoms with van der Waals surface area (Å²) in [5.41, 5.74) is 6.22. The Hall–Kier alpha value is -5.64. The maximum Gasteiger partial charge on any atom is 0.413 e. The van der Waals surface area contributed by atoms with Crippen LogP contribution in [-0.2, 0) is 27.3 Å². The van der Waals surface area contributed by atoms with E-state index in [0.717, 1.165) is 59.2 Å². The molecule has 5 rings (SSSR count). The van der Waals surface area contributed by atoms with Crippen molar-refractivity contribution >= 4 is 35.3 Å². The molecule has 0 radical (unpaired) electrons. The third kappa shape index (κ3) is 11.7. The summed E-state index contributed by atoms with van der Waals surface area (Å²) >= 11 is 0. The number of alkyl carbamates (subject to hydrolysis) is 1. The molecule has 0 saturated heterocycles. The van der Waals surface area contributed by atoms with Crippen LogP contribution in [0.2, 0.25) is 0 Å². The van der Waals surface area contributed by atoms with Crippen molar-refractivity contribution in [3.63, 3.8) is 0 Å². The molecule has 2 amide bonds. The number of esters is 1. The molecule has 284 valence electrons. The van der Waals surface area contributed by atoms with E-state index in [2.05, 4.69) is 12.2 Å². The summed E-state index contributed by atoms with van der Waals surface area (Å²) in [5, 5.41) is 2.74. The van der Waals surface area contributed by atoms with Crippen LogP contribution in [0.3, 0.4) is 0 Å². The molecule has 0 aliphatic carbocycles. The number of nitrogens with zero attached hydrogens (tertiary/aromatic N) is 3. The van der Waals surface area contributed by atoms with Crippen LogP contribution in [0.15, 0.2) is 96.0 Å². The highest BCUT2D eigenvalue weighted by Gasteiger charge is 2.26. The molecule has 10 heteroatoms. The summed E-state index contributed by atoms with van der Waals surface area (Å²) in [6, 6.07) is 29.0. The maximum atomic E-state index is 13.3. The molecule has 1 aliphatic heterocycles. The molecular weight excluding hydrogens is 681 g/mol. The van der Waals surface area contributed by atoms with Crippen LogP contribution < -0.4 is 19.7 Å². The summed E-state index contributed by atoms with van der Waals surface area (Å²) in [6.45, 7) is 9.33. The molecule has 0 bridgehead atoms. The zero-order chi connectivity index (χ0) is 38.3. The fourth-order valence-electron chi connectivity index (χ4n) is 6.50. The van der Waals surface area contributed by atoms with E-state index < -0.39 is 12.1 Å². The van der Waals surface area contributed by atoms with Crippen molar-refractivity contribution in [1.29, 1.82) is 0 Å². The lowest BCUT2D eigenvalue weighted by molar-refractivity contribution is -0.135. The summed E-state index contributed by atoms with van der Waals surface area (Å²) in [7, 11) is 0. The second kappa shape index (κ2) is 20.0. The number of aryl methyl sites for hydroxylation is 3. The van der Waals surface area contributed by atoms with E-state index >= 15 is 0 Å². The van der Waals surface area contributed by atoms with Gasteiger partial charge in [0.2, 0.25) is 11.9 Å². The molecule has 0 atom stereocenters. The number of carbonyl (C=O) groups is 3. The van der Waals surface area contributed by atoms with Gasteiger partial charge in [-0.3, -0.25) is 10.1 Å². The van der Waals surface area contributed by atoms with Crippen molar-refractivity contribution < 1.29 is 28.6 Å². The first-order chi connectivity index (χ1) is 26.2. The van der Waals surface area contributed by atoms with Crippen molar-refractivity contribution in [2.75, 3.05) is 31.2 Å². The monoisotopic (exact) mass is 732 g/mol. The first kappa shape index (κ1) is 39.6. The average Bonchev–Trinajstić information content (AvgIpc) is 3.16. The van der Waals surface area contributed by atoms with E-state index in [0.29, 0.717) is 49.6 Å². The Labute approximate surface area is 319 Å². The van der Waals surface area contributed by atoms with Crippen LogP contribution in [0.1, 0.15) is 73.3 Å². The number of hydrogen-bond donors (Lipinski definition) is 1. The van der Waals surface area contributed by atoms with Gasteiger partial charge in [-0.05, 0) is 80.6 Å². The van der Waals surface area contributed by atoms with Crippen LogP contribution in [0.25, 0.3) is 0 Å². The molecule has 1 N–H and O–H groups in total. The lowest BCUT2D eigenvalue weighted by Gasteiger charge is -2.29. The van der Waals surface area contributed by atoms with Gasteiger partial charge in [-0.2, -0.15) is 0 Å². The van der Waals surface area contributed by atoms with Crippen LogP contribution in [0, 0.1) is 20.8 Å². The van der Waals surface area contributed by atoms with Gasteiger partial charge in [-0.1, -0.05) is 92.4 Å². The molecular formula is C44H52N4O6. The maximum absolute atomic E-state index is 13.3. The van der Waals surface area contributed by atoms with Crippen LogP contribution in [0.5, 0.6) is 11.5 Å². The predicted molar refractivity (Wildman–Crippen MR) is 213 cm³/mol. The Morgan fingerprint density at radius 2 is 1.56 bits per heavy atom. The molecule has 10 nitrogen and oxygen atoms in total. The van der Waals surface area contributed by atoms with Gasteiger partial charge in [-0.15, -0.1) is 0 Å². The first-order valence-corrected chi connectivity index (χ1v) is 18.9. The van der Waals surface area contributed by atoms with Crippen molar-refractivity contribution in [2.24, 2.45) is 4.99 Å². The van der Waals surface area contributed by atoms with Gasteiger partial charge in [0.1, 0.15) is 18.0 Å². The van der Waals surface area contributed by atoms with E-state index in [1.54, 1.807) is 4.90 Å². The van der Waals surface area contributed by atoms with Gasteiger partial charge < -0.3 is 24.0 Å². The Morgan fingerprint density at radius 1 is 0.833 bits per heavy atom. The number of guanidine groups is 1. The van der Waals surface area contributed by atoms with Gasteiger partial charge >= 0.3 is 12.1 Å². The quantitative estimate of drug-likeness (QED) is 0.0657. The highest BCUT2D eigenvalue weighted by atomic mass is 16.5. The normalized spacial score (nSPS) is 12.0. The third-order valence-corrected chi connectivity index (χ3v) is 9.17. The Bertz CT molecular complexity index is 1870. The minimum Gasteiger partial charge on any atom is -0.494 e. The number of amides is 2. The number of aliphatic imine (C=N–C) groups is 1. The Kier molecular flexibility index (Phi) is 14.6. The summed E-state index contributed by atoms with van der Waals surface area (Å²) in [5.74, 6) is 0.922. The topological polar surface area (TPSA) is 110 Å². The molecule has 0 aromatic heterocycles. The lowest BCUT2D eigenvalue weighted by atomic mass is 10.1. The van der Waals surface area contributed by atoms with Crippen molar-refractivity contribution in [1.82, 2.24) is 10.2 Å². The molecule has 0 fully saturated rings. The van der Waals surface area contributed by atoms with Crippen LogP contribution in [-0.4, -0.2) is 55.1 Å². The van der Waals surface area contributed by atoms with E-state index in [-0.39, 0.29) is 31.6 Å². The highest BCUT2D eigenvalue weighted by molar-refractivity contribution is 5.98. The number of nitrogens with one attached hydrogen (secondary N) is 1. The standard InChI is InChI=1S/C44H52N4O6/c1-5-6-7-14-24-48(37-18-12-9-13-19-37)40(49)20-15-25-52-38-21-22-39-36(29-38)30-47(31-41(50)54-42-33(3)27-32(2)28-34(42)4)43(45-39)46-44(51)53-26-23-35-16-10-8-11-17-35/h8-13,16-19,21-22,27-29H,5-7,14-15,20,23-26,30-31H2,1-4H3,(H,45,46,51). The number of anilines is 1. The van der Waals surface area contributed by atoms with E-state index in [9.17, 15) is 14.4 Å². The number of fused-ring (bicyclic) bond motifs is 1. The van der Waals surface area contributed by atoms with Crippen LogP contribution >= 0.6 is 0 Å². The molecule has 1 aliphatic rings. The lowest BCUT2D eigenvalue weighted by Crippen LogP contribution is -2.48. The number of unbranched alkanes of at least 4 members (excludes halogenated alkanes) is 3. The second-order valence-corrected chi connectivity index (χ2v) is 13.7. The van der Waals surface area contributed by atoms with E-state index in [1.165, 1.54) is 0 Å². The largest absolute Gasteiger partial charge is 0.494 e. The smallest absolute Gasteiger partial charge is 0.413 e. The number of rotatable bonds is 17. The molecule has 54 heavy (non-hydrogen) atoms. The van der Waals surface area contributed by atoms with E-state index in [1.807, 2.05) is 117 Å². The number of hydrogen-bond acceptors (Lipinski definition) is 8. The minimum absolute atomic E-state index is 0.0817. The zero-order valence-corrected chi connectivity index (χ0v) is 31.9. The Morgan fingerprint density at radius 3 is 2.28 bits per heavy atom. The van der Waals surface area contributed by atoms with E-state index in [4.69, 9.17) is 19.2 Å². The Balaban J connectivity index is 1.22. The van der Waals surface area contributed by atoms with Crippen molar-refractivity contribution in [3.8, 4) is 11.5 Å². The minimum atomic E-state index is -0.669. The molecule has 1 heterocycles. The fourth-order valence-corrected chi connectivity index (χ4v) is 6.50. The molecule has 0 spiro atoms. The SMILES string of the molecule is CCCCCCN(C(=O)CCCOc1ccc2c(c1)CN(CC(=O)Oc1c(C)cc(C)cc1C)C(NC(=O)OCCc1ccccc1)=N2)c1ccccc1. The number of benzene rings is 4. The van der Waals surface area contributed by atoms with Gasteiger partial charge in [0.05, 0.1) is 18.9 Å². The number of ether oxygens (including phenoxy) is 3. The summed E-state index contributed by atoms with van der Waals surface area (Å²) in [6.07, 6.45) is 5.19. The second-order valence-electron chi connectivity index (χ2n) is 13.7. The van der Waals surface area contributed by atoms with Gasteiger partial charge in [0.15, 0.2) is 0 Å². The fraction of sp³-hybridized carbons (Fsp3) is 0.364. The zero-order valence-electron chi connectivity index (χ0n) is 31.9. The first-order valence-electron chi connectivity index (χ1n) is 18.9. The molecule has 0 saturated carbocycles. The number of para-hydroxylation sites is 1. The van der Waals surface area contributed by atoms with Crippen molar-refractivity contribution in [2.45, 2.75) is 79.2 Å². The van der Waals surface area contributed by atoms with Gasteiger partial charge in [-0.25, -0.2) is 14.6 Å². The third-order valence-electron chi connectivity index (χ3n) is 9.17. The number of carbonyl (C=O) groups excluding carboxylic acids is 3. The summed E-state index contributed by atoms with van der Waals surface area (Å²) in [4.78, 5) is 47.8. The molecule has 4 aromatic carbocycles. The molecule has 0 unspecified atom stereocenters. The predicted octanol–water partition coefficient (Wildman–Crippen LogP) is 8.76. The molecule has 4 aromatic rings. The van der Waals surface area contributed by atoms with Gasteiger partial charge in [0, 0.05) is 37.2 Å². The summed E-state index contributed by atoms with van der Waals surface area (Å²) < 4.78 is 17.4. The van der Waals surface area contributed by atoms with Crippen molar-refractivity contribution in [3.05, 3.63) is 119 Å². The van der Waals surface area contributed by atoms with Crippen LogP contribution in [0.4, 0.5) is 16.2 Å². The highest BCUT2D eigenvalue weighted by Crippen LogP contribution is 2.30. The van der Waals surface area contributed by atoms with Gasteiger partial charge in [0.25, 0.3) is 0 Å². The average molecular weight is 733 g/mol.